The molecule has 42 heavy (non-hydrogen) atoms. The van der Waals surface area contributed by atoms with E-state index < -0.39 is 0 Å². The number of nitrogens with one attached hydrogen (secondary N) is 2. The molecular formula is C34H50N2O6. The third kappa shape index (κ3) is 9.66. The predicted molar refractivity (Wildman–Crippen MR) is 171 cm³/mol. The van der Waals surface area contributed by atoms with Crippen molar-refractivity contribution in [2.45, 2.75) is 78.6 Å². The fourth-order valence-electron chi connectivity index (χ4n) is 4.93. The number of unbranched alkanes of at least 4 members (excludes halogenated alkanes) is 5. The number of fused-ring (bicyclic) bond motifs is 1. The molecule has 0 saturated carbocycles. The van der Waals surface area contributed by atoms with Crippen LogP contribution in [0, 0.1) is 0 Å². The topological polar surface area (TPSA) is 102 Å². The maximum atomic E-state index is 13.9. The lowest BCUT2D eigenvalue weighted by Gasteiger charge is -2.17. The third-order valence-electron chi connectivity index (χ3n) is 7.28. The molecule has 2 aromatic carbocycles. The summed E-state index contributed by atoms with van der Waals surface area (Å²) in [5.41, 5.74) is 1.31. The zero-order valence-corrected chi connectivity index (χ0v) is 26.0. The summed E-state index contributed by atoms with van der Waals surface area (Å²) in [4.78, 5) is 13.9. The van der Waals surface area contributed by atoms with Crippen LogP contribution < -0.4 is 30.3 Å². The lowest BCUT2D eigenvalue weighted by atomic mass is 9.98. The summed E-state index contributed by atoms with van der Waals surface area (Å²) < 4.78 is 24.2. The Morgan fingerprint density at radius 3 is 2.19 bits per heavy atom. The molecule has 3 N–H and O–H groups in total. The van der Waals surface area contributed by atoms with Gasteiger partial charge in [-0.05, 0) is 76.8 Å². The van der Waals surface area contributed by atoms with E-state index in [-0.39, 0.29) is 22.1 Å². The molecule has 0 aliphatic heterocycles. The van der Waals surface area contributed by atoms with Crippen molar-refractivity contribution in [3.8, 4) is 34.3 Å². The molecule has 3 aromatic rings. The van der Waals surface area contributed by atoms with Crippen LogP contribution in [0.3, 0.4) is 0 Å². The number of ether oxygens (including phenoxy) is 3. The van der Waals surface area contributed by atoms with Gasteiger partial charge in [0, 0.05) is 23.8 Å². The number of rotatable bonds is 21. The Morgan fingerprint density at radius 1 is 0.810 bits per heavy atom. The van der Waals surface area contributed by atoms with Crippen LogP contribution >= 0.6 is 0 Å². The Kier molecular flexibility index (Phi) is 14.5. The average Bonchev–Trinajstić information content (AvgIpc) is 2.99. The van der Waals surface area contributed by atoms with Gasteiger partial charge in [-0.2, -0.15) is 0 Å². The summed E-state index contributed by atoms with van der Waals surface area (Å²) in [5.74, 6) is 2.08. The van der Waals surface area contributed by atoms with Crippen LogP contribution in [0.5, 0.6) is 23.0 Å². The largest absolute Gasteiger partial charge is 0.507 e. The first kappa shape index (κ1) is 33.3. The van der Waals surface area contributed by atoms with Crippen LogP contribution in [0.1, 0.15) is 77.7 Å². The van der Waals surface area contributed by atoms with Crippen LogP contribution in [0.15, 0.2) is 39.5 Å². The van der Waals surface area contributed by atoms with Gasteiger partial charge in [-0.25, -0.2) is 0 Å². The van der Waals surface area contributed by atoms with Crippen molar-refractivity contribution in [1.29, 1.82) is 0 Å². The minimum atomic E-state index is -0.222. The van der Waals surface area contributed by atoms with Crippen LogP contribution in [0.2, 0.25) is 0 Å². The number of phenols is 1. The first-order chi connectivity index (χ1) is 20.5. The number of hydrogen-bond donors (Lipinski definition) is 3. The van der Waals surface area contributed by atoms with Gasteiger partial charge in [0.2, 0.25) is 0 Å². The van der Waals surface area contributed by atoms with Gasteiger partial charge < -0.3 is 34.4 Å². The second-order valence-electron chi connectivity index (χ2n) is 10.5. The van der Waals surface area contributed by atoms with Crippen molar-refractivity contribution in [3.63, 3.8) is 0 Å². The standard InChI is InChI=1S/C34H50N2O6/c1-5-8-9-10-15-28-33(38)32-29(37)22-26(39-4)24-31(32)42-34(28)27-17-16-25(40-20-13-11-18-35-6-2)23-30(27)41-21-14-12-19-36-7-3/h16-17,22-24,35-37H,5-15,18-21H2,1-4H3. The van der Waals surface area contributed by atoms with Crippen molar-refractivity contribution < 1.29 is 23.7 Å². The molecular weight excluding hydrogens is 532 g/mol. The zero-order chi connectivity index (χ0) is 30.2. The summed E-state index contributed by atoms with van der Waals surface area (Å²) in [6, 6.07) is 8.82. The molecule has 232 valence electrons. The number of aromatic hydroxyl groups is 1. The zero-order valence-electron chi connectivity index (χ0n) is 26.0. The SMILES string of the molecule is CCCCCCc1c(-c2ccc(OCCCCNCC)cc2OCCCCNCC)oc2cc(OC)cc(O)c2c1=O. The molecule has 0 fully saturated rings. The molecule has 0 spiro atoms. The Morgan fingerprint density at radius 2 is 1.52 bits per heavy atom. The van der Waals surface area contributed by atoms with Crippen molar-refractivity contribution in [2.75, 3.05) is 46.5 Å². The highest BCUT2D eigenvalue weighted by Gasteiger charge is 2.22. The van der Waals surface area contributed by atoms with Crippen LogP contribution in [0.25, 0.3) is 22.3 Å². The molecule has 0 aliphatic carbocycles. The van der Waals surface area contributed by atoms with E-state index in [1.54, 1.807) is 6.07 Å². The van der Waals surface area contributed by atoms with Gasteiger partial charge >= 0.3 is 0 Å². The maximum Gasteiger partial charge on any atom is 0.200 e. The lowest BCUT2D eigenvalue weighted by molar-refractivity contribution is 0.291. The molecule has 0 aliphatic rings. The highest BCUT2D eigenvalue weighted by Crippen LogP contribution is 2.39. The summed E-state index contributed by atoms with van der Waals surface area (Å²) in [5, 5.41) is 17.6. The quantitative estimate of drug-likeness (QED) is 0.117. The Labute approximate surface area is 250 Å². The van der Waals surface area contributed by atoms with Crippen LogP contribution in [-0.4, -0.2) is 51.6 Å². The normalized spacial score (nSPS) is 11.2. The van der Waals surface area contributed by atoms with E-state index in [0.29, 0.717) is 48.0 Å². The molecule has 0 unspecified atom stereocenters. The van der Waals surface area contributed by atoms with Gasteiger partial charge in [0.1, 0.15) is 39.7 Å². The van der Waals surface area contributed by atoms with Gasteiger partial charge in [0.25, 0.3) is 0 Å². The van der Waals surface area contributed by atoms with E-state index in [1.165, 1.54) is 13.2 Å². The first-order valence-electron chi connectivity index (χ1n) is 15.7. The minimum Gasteiger partial charge on any atom is -0.507 e. The first-order valence-corrected chi connectivity index (χ1v) is 15.7. The van der Waals surface area contributed by atoms with Crippen molar-refractivity contribution in [3.05, 3.63) is 46.1 Å². The van der Waals surface area contributed by atoms with E-state index in [9.17, 15) is 9.90 Å². The van der Waals surface area contributed by atoms with E-state index in [0.717, 1.165) is 83.3 Å². The molecule has 0 radical (unpaired) electrons. The minimum absolute atomic E-state index is 0.144. The molecule has 3 rings (SSSR count). The van der Waals surface area contributed by atoms with E-state index in [1.807, 2.05) is 18.2 Å². The molecule has 1 aromatic heterocycles. The molecule has 0 amide bonds. The van der Waals surface area contributed by atoms with Crippen molar-refractivity contribution in [1.82, 2.24) is 10.6 Å². The van der Waals surface area contributed by atoms with E-state index in [2.05, 4.69) is 31.4 Å². The maximum absolute atomic E-state index is 13.9. The Hall–Kier alpha value is -3.23. The van der Waals surface area contributed by atoms with Gasteiger partial charge in [-0.3, -0.25) is 4.79 Å². The predicted octanol–water partition coefficient (Wildman–Crippen LogP) is 6.83. The summed E-state index contributed by atoms with van der Waals surface area (Å²) >= 11 is 0. The highest BCUT2D eigenvalue weighted by atomic mass is 16.5. The third-order valence-corrected chi connectivity index (χ3v) is 7.28. The monoisotopic (exact) mass is 582 g/mol. The van der Waals surface area contributed by atoms with Gasteiger partial charge in [0.15, 0.2) is 5.43 Å². The van der Waals surface area contributed by atoms with E-state index >= 15 is 0 Å². The van der Waals surface area contributed by atoms with Gasteiger partial charge in [0.05, 0.1) is 25.9 Å². The van der Waals surface area contributed by atoms with Gasteiger partial charge in [-0.1, -0.05) is 40.0 Å². The molecule has 8 heteroatoms. The van der Waals surface area contributed by atoms with Crippen LogP contribution in [0.4, 0.5) is 0 Å². The molecule has 0 saturated heterocycles. The summed E-state index contributed by atoms with van der Waals surface area (Å²) in [7, 11) is 1.52. The molecule has 0 atom stereocenters. The van der Waals surface area contributed by atoms with Gasteiger partial charge in [-0.15, -0.1) is 0 Å². The number of methoxy groups -OCH3 is 1. The fraction of sp³-hybridized carbons (Fsp3) is 0.559. The lowest BCUT2D eigenvalue weighted by Crippen LogP contribution is -2.15. The summed E-state index contributed by atoms with van der Waals surface area (Å²) in [6.07, 6.45) is 8.48. The molecule has 8 nitrogen and oxygen atoms in total. The number of benzene rings is 2. The summed E-state index contributed by atoms with van der Waals surface area (Å²) in [6.45, 7) is 11.3. The van der Waals surface area contributed by atoms with Crippen LogP contribution in [-0.2, 0) is 6.42 Å². The molecule has 1 heterocycles. The number of phenolic OH excluding ortho intramolecular Hbond substituents is 1. The van der Waals surface area contributed by atoms with Crippen molar-refractivity contribution in [2.24, 2.45) is 0 Å². The number of hydrogen-bond acceptors (Lipinski definition) is 8. The highest BCUT2D eigenvalue weighted by molar-refractivity contribution is 5.88. The van der Waals surface area contributed by atoms with E-state index in [4.69, 9.17) is 18.6 Å². The van der Waals surface area contributed by atoms with Crippen molar-refractivity contribution >= 4 is 11.0 Å². The Bertz CT molecular complexity index is 1290. The Balaban J connectivity index is 2.00. The average molecular weight is 583 g/mol. The second kappa shape index (κ2) is 18.3. The smallest absolute Gasteiger partial charge is 0.200 e. The molecule has 0 bridgehead atoms. The second-order valence-corrected chi connectivity index (χ2v) is 10.5. The fourth-order valence-corrected chi connectivity index (χ4v) is 4.93.